The molecule has 17 heavy (non-hydrogen) atoms. The molecule has 0 saturated heterocycles. The fourth-order valence-electron chi connectivity index (χ4n) is 1.55. The average molecular weight is 230 g/mol. The second-order valence-electron chi connectivity index (χ2n) is 3.55. The smallest absolute Gasteiger partial charge is 0.295 e. The zero-order valence-corrected chi connectivity index (χ0v) is 9.12. The summed E-state index contributed by atoms with van der Waals surface area (Å²) < 4.78 is 0. The maximum absolute atomic E-state index is 10.9. The molecule has 2 rings (SSSR count). The number of nitrogens with zero attached hydrogens (tertiary/aromatic N) is 3. The van der Waals surface area contributed by atoms with Gasteiger partial charge in [-0.25, -0.2) is 4.98 Å². The molecule has 0 fully saturated rings. The molecule has 0 amide bonds. The lowest BCUT2D eigenvalue weighted by atomic mass is 10.1. The number of nitro groups is 1. The van der Waals surface area contributed by atoms with E-state index in [0.29, 0.717) is 5.56 Å². The van der Waals surface area contributed by atoms with Gasteiger partial charge in [-0.2, -0.15) is 0 Å². The summed E-state index contributed by atoms with van der Waals surface area (Å²) in [4.78, 5) is 18.4. The van der Waals surface area contributed by atoms with E-state index in [1.165, 1.54) is 12.1 Å². The van der Waals surface area contributed by atoms with Crippen molar-refractivity contribution < 1.29 is 4.92 Å². The molecule has 86 valence electrons. The standard InChI is InChI=1S/C11H10N4O2/c1-7-6-13-5-4-8(7)11-9(15(16)17)2-3-10(12)14-11/h2-6H,1H3,(H2,12,14). The summed E-state index contributed by atoms with van der Waals surface area (Å²) in [6.45, 7) is 1.82. The highest BCUT2D eigenvalue weighted by atomic mass is 16.6. The van der Waals surface area contributed by atoms with Crippen molar-refractivity contribution in [3.8, 4) is 11.3 Å². The minimum atomic E-state index is -0.471. The first-order valence-corrected chi connectivity index (χ1v) is 4.91. The van der Waals surface area contributed by atoms with Gasteiger partial charge in [0.2, 0.25) is 0 Å². The number of nitrogen functional groups attached to an aromatic ring is 1. The summed E-state index contributed by atoms with van der Waals surface area (Å²) in [5, 5.41) is 10.9. The number of hydrogen-bond acceptors (Lipinski definition) is 5. The van der Waals surface area contributed by atoms with Gasteiger partial charge in [0.15, 0.2) is 5.69 Å². The predicted octanol–water partition coefficient (Wildman–Crippen LogP) is 1.94. The molecule has 0 radical (unpaired) electrons. The summed E-state index contributed by atoms with van der Waals surface area (Å²) in [7, 11) is 0. The van der Waals surface area contributed by atoms with E-state index >= 15 is 0 Å². The van der Waals surface area contributed by atoms with Crippen LogP contribution < -0.4 is 5.73 Å². The maximum Gasteiger partial charge on any atom is 0.295 e. The molecule has 0 bridgehead atoms. The summed E-state index contributed by atoms with van der Waals surface area (Å²) >= 11 is 0. The molecule has 0 spiro atoms. The highest BCUT2D eigenvalue weighted by Gasteiger charge is 2.18. The molecule has 2 aromatic rings. The minimum absolute atomic E-state index is 0.0616. The zero-order valence-electron chi connectivity index (χ0n) is 9.12. The Bertz CT molecular complexity index is 583. The molecule has 0 aliphatic carbocycles. The monoisotopic (exact) mass is 230 g/mol. The van der Waals surface area contributed by atoms with E-state index in [1.54, 1.807) is 18.5 Å². The first-order chi connectivity index (χ1) is 8.09. The molecule has 0 atom stereocenters. The SMILES string of the molecule is Cc1cnccc1-c1nc(N)ccc1[N+](=O)[O-]. The van der Waals surface area contributed by atoms with E-state index in [1.807, 2.05) is 6.92 Å². The Kier molecular flexibility index (Phi) is 2.70. The first kappa shape index (κ1) is 11.0. The Balaban J connectivity index is 2.70. The van der Waals surface area contributed by atoms with E-state index < -0.39 is 4.92 Å². The molecule has 2 heterocycles. The van der Waals surface area contributed by atoms with Crippen LogP contribution in [0.1, 0.15) is 5.56 Å². The Morgan fingerprint density at radius 2 is 2.12 bits per heavy atom. The van der Waals surface area contributed by atoms with Gasteiger partial charge in [0, 0.05) is 24.0 Å². The second-order valence-corrected chi connectivity index (χ2v) is 3.55. The van der Waals surface area contributed by atoms with E-state index in [0.717, 1.165) is 5.56 Å². The average Bonchev–Trinajstić information content (AvgIpc) is 2.29. The zero-order chi connectivity index (χ0) is 12.4. The molecule has 0 saturated carbocycles. The van der Waals surface area contributed by atoms with Crippen molar-refractivity contribution in [2.45, 2.75) is 6.92 Å². The van der Waals surface area contributed by atoms with Crippen molar-refractivity contribution >= 4 is 11.5 Å². The number of pyridine rings is 2. The van der Waals surface area contributed by atoms with Crippen LogP contribution in [0.15, 0.2) is 30.6 Å². The van der Waals surface area contributed by atoms with Gasteiger partial charge in [-0.05, 0) is 24.6 Å². The van der Waals surface area contributed by atoms with Crippen LogP contribution in [0.5, 0.6) is 0 Å². The van der Waals surface area contributed by atoms with E-state index in [-0.39, 0.29) is 17.2 Å². The van der Waals surface area contributed by atoms with Gasteiger partial charge in [0.1, 0.15) is 5.82 Å². The lowest BCUT2D eigenvalue weighted by molar-refractivity contribution is -0.384. The van der Waals surface area contributed by atoms with Gasteiger partial charge in [-0.3, -0.25) is 15.1 Å². The Hall–Kier alpha value is -2.50. The van der Waals surface area contributed by atoms with Gasteiger partial charge in [0.05, 0.1) is 4.92 Å². The van der Waals surface area contributed by atoms with Crippen LogP contribution in [0.25, 0.3) is 11.3 Å². The topological polar surface area (TPSA) is 94.9 Å². The van der Waals surface area contributed by atoms with Gasteiger partial charge in [-0.15, -0.1) is 0 Å². The molecule has 0 unspecified atom stereocenters. The molecule has 0 aliphatic rings. The number of nitrogens with two attached hydrogens (primary N) is 1. The van der Waals surface area contributed by atoms with Crippen LogP contribution in [0.4, 0.5) is 11.5 Å². The third kappa shape index (κ3) is 2.05. The first-order valence-electron chi connectivity index (χ1n) is 4.91. The van der Waals surface area contributed by atoms with Crippen LogP contribution in [0, 0.1) is 17.0 Å². The normalized spacial score (nSPS) is 10.2. The van der Waals surface area contributed by atoms with E-state index in [9.17, 15) is 10.1 Å². The largest absolute Gasteiger partial charge is 0.384 e. The molecule has 6 nitrogen and oxygen atoms in total. The number of rotatable bonds is 2. The number of aryl methyl sites for hydroxylation is 1. The molecule has 0 aromatic carbocycles. The Morgan fingerprint density at radius 1 is 1.35 bits per heavy atom. The van der Waals surface area contributed by atoms with Gasteiger partial charge in [-0.1, -0.05) is 0 Å². The van der Waals surface area contributed by atoms with E-state index in [2.05, 4.69) is 9.97 Å². The quantitative estimate of drug-likeness (QED) is 0.628. The van der Waals surface area contributed by atoms with Crippen LogP contribution >= 0.6 is 0 Å². The third-order valence-corrected chi connectivity index (χ3v) is 2.37. The second kappa shape index (κ2) is 4.17. The molecule has 0 aliphatic heterocycles. The van der Waals surface area contributed by atoms with Crippen LogP contribution in [-0.2, 0) is 0 Å². The summed E-state index contributed by atoms with van der Waals surface area (Å²) in [6.07, 6.45) is 3.20. The lowest BCUT2D eigenvalue weighted by Crippen LogP contribution is -1.99. The van der Waals surface area contributed by atoms with Crippen LogP contribution in [0.2, 0.25) is 0 Å². The lowest BCUT2D eigenvalue weighted by Gasteiger charge is -2.05. The van der Waals surface area contributed by atoms with Crippen LogP contribution in [0.3, 0.4) is 0 Å². The van der Waals surface area contributed by atoms with Crippen LogP contribution in [-0.4, -0.2) is 14.9 Å². The Labute approximate surface area is 97.3 Å². The number of hydrogen-bond donors (Lipinski definition) is 1. The summed E-state index contributed by atoms with van der Waals surface area (Å²) in [6, 6.07) is 4.46. The fourth-order valence-corrected chi connectivity index (χ4v) is 1.55. The predicted molar refractivity (Wildman–Crippen MR) is 63.3 cm³/mol. The van der Waals surface area contributed by atoms with Gasteiger partial charge < -0.3 is 5.73 Å². The minimum Gasteiger partial charge on any atom is -0.384 e. The molecule has 6 heteroatoms. The van der Waals surface area contributed by atoms with Crippen molar-refractivity contribution in [2.75, 3.05) is 5.73 Å². The van der Waals surface area contributed by atoms with Crippen molar-refractivity contribution in [3.63, 3.8) is 0 Å². The fraction of sp³-hybridized carbons (Fsp3) is 0.0909. The number of anilines is 1. The van der Waals surface area contributed by atoms with E-state index in [4.69, 9.17) is 5.73 Å². The van der Waals surface area contributed by atoms with Crippen molar-refractivity contribution in [2.24, 2.45) is 0 Å². The highest BCUT2D eigenvalue weighted by molar-refractivity contribution is 5.73. The molecular formula is C11H10N4O2. The Morgan fingerprint density at radius 3 is 2.76 bits per heavy atom. The summed E-state index contributed by atoms with van der Waals surface area (Å²) in [5.41, 5.74) is 7.26. The molecule has 2 aromatic heterocycles. The maximum atomic E-state index is 10.9. The van der Waals surface area contributed by atoms with Crippen molar-refractivity contribution in [1.29, 1.82) is 0 Å². The summed E-state index contributed by atoms with van der Waals surface area (Å²) in [5.74, 6) is 0.252. The third-order valence-electron chi connectivity index (χ3n) is 2.37. The van der Waals surface area contributed by atoms with Gasteiger partial charge in [0.25, 0.3) is 5.69 Å². The molecule has 2 N–H and O–H groups in total. The van der Waals surface area contributed by atoms with Gasteiger partial charge >= 0.3 is 0 Å². The molecular weight excluding hydrogens is 220 g/mol. The van der Waals surface area contributed by atoms with Crippen molar-refractivity contribution in [3.05, 3.63) is 46.3 Å². The highest BCUT2D eigenvalue weighted by Crippen LogP contribution is 2.30. The number of aromatic nitrogens is 2. The van der Waals surface area contributed by atoms with Crippen molar-refractivity contribution in [1.82, 2.24) is 9.97 Å².